The zero-order valence-corrected chi connectivity index (χ0v) is 7.09. The molecular weight excluding hydrogens is 156 g/mol. The van der Waals surface area contributed by atoms with Crippen LogP contribution in [0, 0.1) is 0 Å². The molecule has 0 bridgehead atoms. The van der Waals surface area contributed by atoms with E-state index < -0.39 is 0 Å². The molecule has 0 aromatic carbocycles. The van der Waals surface area contributed by atoms with Gasteiger partial charge in [0.05, 0.1) is 18.7 Å². The van der Waals surface area contributed by atoms with Gasteiger partial charge in [0.15, 0.2) is 0 Å². The summed E-state index contributed by atoms with van der Waals surface area (Å²) < 4.78 is 10.5. The minimum Gasteiger partial charge on any atom is -0.321 e. The van der Waals surface area contributed by atoms with Gasteiger partial charge in [0.1, 0.15) is 0 Å². The van der Waals surface area contributed by atoms with Crippen LogP contribution in [-0.4, -0.2) is 0 Å². The van der Waals surface area contributed by atoms with Crippen LogP contribution >= 0.6 is 0 Å². The summed E-state index contributed by atoms with van der Waals surface area (Å²) in [6, 6.07) is 0. The summed E-state index contributed by atoms with van der Waals surface area (Å²) in [6.45, 7) is 6.06. The maximum Gasteiger partial charge on any atom is 0.527 e. The van der Waals surface area contributed by atoms with Gasteiger partial charge in [0.25, 0.3) is 0 Å². The molecule has 0 radical (unpaired) electrons. The fourth-order valence-electron chi connectivity index (χ4n) is 0.844. The van der Waals surface area contributed by atoms with Crippen molar-refractivity contribution in [1.29, 1.82) is 0 Å². The summed E-state index contributed by atoms with van der Waals surface area (Å²) >= 11 is 0. The van der Waals surface area contributed by atoms with Gasteiger partial charge in [-0.1, -0.05) is 6.58 Å². The Hall–Kier alpha value is -1.13. The second kappa shape index (κ2) is 3.51. The normalized spacial score (nSPS) is 10.2. The van der Waals surface area contributed by atoms with Crippen LogP contribution in [0.25, 0.3) is 5.57 Å². The Bertz CT molecular complexity index is 270. The van der Waals surface area contributed by atoms with Gasteiger partial charge >= 0.3 is 17.5 Å². The Balaban J connectivity index is 3.05. The van der Waals surface area contributed by atoms with E-state index in [0.29, 0.717) is 30.6 Å². The zero-order valence-electron chi connectivity index (χ0n) is 7.09. The summed E-state index contributed by atoms with van der Waals surface area (Å²) in [5, 5.41) is 0. The summed E-state index contributed by atoms with van der Waals surface area (Å²) in [7, 11) is 0. The average Bonchev–Trinajstić information content (AvgIpc) is 2.46. The first-order chi connectivity index (χ1) is 5.69. The van der Waals surface area contributed by atoms with Crippen molar-refractivity contribution in [2.75, 3.05) is 0 Å². The Morgan fingerprint density at radius 1 is 1.50 bits per heavy atom. The maximum absolute atomic E-state index is 5.40. The molecule has 0 amide bonds. The summed E-state index contributed by atoms with van der Waals surface area (Å²) in [5.41, 5.74) is 11.5. The molecule has 1 aromatic rings. The molecule has 0 atom stereocenters. The van der Waals surface area contributed by atoms with Crippen molar-refractivity contribution in [1.82, 2.24) is 0 Å². The van der Waals surface area contributed by atoms with E-state index in [-0.39, 0.29) is 0 Å². The standard InChI is InChI=1S/C8H13N2O2/c1-5(2)8-11-6(3-9)7(4-10)12-8/h1,3-4,9-10H2,2H3/q+1. The molecule has 0 aliphatic heterocycles. The number of hydrogen-bond donors (Lipinski definition) is 2. The highest BCUT2D eigenvalue weighted by Gasteiger charge is 2.24. The zero-order chi connectivity index (χ0) is 9.14. The first kappa shape index (κ1) is 8.96. The largest absolute Gasteiger partial charge is 0.527 e. The Morgan fingerprint density at radius 3 is 2.50 bits per heavy atom. The first-order valence-electron chi connectivity index (χ1n) is 3.69. The van der Waals surface area contributed by atoms with E-state index in [9.17, 15) is 0 Å². The van der Waals surface area contributed by atoms with Crippen LogP contribution in [0.4, 0.5) is 0 Å². The lowest BCUT2D eigenvalue weighted by atomic mass is 10.4. The van der Waals surface area contributed by atoms with Gasteiger partial charge < -0.3 is 11.5 Å². The van der Waals surface area contributed by atoms with Crippen molar-refractivity contribution < 1.29 is 8.83 Å². The molecule has 1 heterocycles. The first-order valence-corrected chi connectivity index (χ1v) is 3.69. The number of hydrogen-bond acceptors (Lipinski definition) is 3. The third-order valence-corrected chi connectivity index (χ3v) is 1.46. The minimum atomic E-state index is 0.295. The Labute approximate surface area is 70.8 Å². The van der Waals surface area contributed by atoms with Crippen LogP contribution in [0.15, 0.2) is 15.4 Å². The minimum absolute atomic E-state index is 0.295. The number of rotatable bonds is 3. The number of allylic oxidation sites excluding steroid dienone is 1. The third kappa shape index (κ3) is 1.54. The van der Waals surface area contributed by atoms with E-state index in [4.69, 9.17) is 20.3 Å². The van der Waals surface area contributed by atoms with E-state index in [1.165, 1.54) is 0 Å². The van der Waals surface area contributed by atoms with Crippen LogP contribution in [0.1, 0.15) is 24.4 Å². The van der Waals surface area contributed by atoms with Crippen LogP contribution in [0.5, 0.6) is 0 Å². The predicted octanol–water partition coefficient (Wildman–Crippen LogP) is 1.10. The van der Waals surface area contributed by atoms with E-state index in [1.54, 1.807) is 6.92 Å². The van der Waals surface area contributed by atoms with Crippen molar-refractivity contribution in [3.05, 3.63) is 24.1 Å². The topological polar surface area (TPSA) is 76.5 Å². The molecule has 66 valence electrons. The molecule has 4 heteroatoms. The van der Waals surface area contributed by atoms with Gasteiger partial charge in [0.2, 0.25) is 0 Å². The fourth-order valence-corrected chi connectivity index (χ4v) is 0.844. The Kier molecular flexibility index (Phi) is 2.62. The highest BCUT2D eigenvalue weighted by atomic mass is 16.5. The second-order valence-electron chi connectivity index (χ2n) is 2.53. The molecule has 0 unspecified atom stereocenters. The molecule has 0 saturated carbocycles. The average molecular weight is 169 g/mol. The molecule has 1 aromatic heterocycles. The molecule has 4 N–H and O–H groups in total. The molecule has 1 rings (SSSR count). The van der Waals surface area contributed by atoms with Crippen molar-refractivity contribution in [2.45, 2.75) is 20.0 Å². The van der Waals surface area contributed by atoms with Crippen LogP contribution in [0.3, 0.4) is 0 Å². The molecule has 12 heavy (non-hydrogen) atoms. The van der Waals surface area contributed by atoms with Gasteiger partial charge in [-0.25, -0.2) is 0 Å². The van der Waals surface area contributed by atoms with E-state index in [2.05, 4.69) is 6.58 Å². The second-order valence-corrected chi connectivity index (χ2v) is 2.53. The van der Waals surface area contributed by atoms with E-state index in [0.717, 1.165) is 5.57 Å². The lowest BCUT2D eigenvalue weighted by Crippen LogP contribution is -2.02. The third-order valence-electron chi connectivity index (χ3n) is 1.46. The SMILES string of the molecule is C=C(C)c1oc(CN)c(CN)[o+]1. The molecular formula is C8H13N2O2+. The predicted molar refractivity (Wildman–Crippen MR) is 45.9 cm³/mol. The van der Waals surface area contributed by atoms with Gasteiger partial charge in [-0.3, -0.25) is 8.83 Å². The molecule has 4 nitrogen and oxygen atoms in total. The van der Waals surface area contributed by atoms with Crippen molar-refractivity contribution in [3.63, 3.8) is 0 Å². The summed E-state index contributed by atoms with van der Waals surface area (Å²) in [5.74, 6) is 1.59. The van der Waals surface area contributed by atoms with E-state index in [1.807, 2.05) is 0 Å². The molecule has 0 spiro atoms. The highest BCUT2D eigenvalue weighted by molar-refractivity contribution is 5.51. The van der Waals surface area contributed by atoms with Crippen LogP contribution in [-0.2, 0) is 13.1 Å². The van der Waals surface area contributed by atoms with Crippen LogP contribution in [0.2, 0.25) is 0 Å². The highest BCUT2D eigenvalue weighted by Crippen LogP contribution is 2.19. The fraction of sp³-hybridized carbons (Fsp3) is 0.375. The lowest BCUT2D eigenvalue weighted by Gasteiger charge is -1.79. The van der Waals surface area contributed by atoms with Gasteiger partial charge in [-0.15, -0.1) is 0 Å². The molecule has 0 fully saturated rings. The number of nitrogens with two attached hydrogens (primary N) is 2. The smallest absolute Gasteiger partial charge is 0.321 e. The van der Waals surface area contributed by atoms with E-state index >= 15 is 0 Å². The molecule has 0 aliphatic carbocycles. The van der Waals surface area contributed by atoms with Gasteiger partial charge in [-0.05, 0) is 6.92 Å². The summed E-state index contributed by atoms with van der Waals surface area (Å²) in [4.78, 5) is 0. The van der Waals surface area contributed by atoms with Crippen LogP contribution < -0.4 is 11.5 Å². The molecule has 0 saturated heterocycles. The maximum atomic E-state index is 5.40. The molecule has 0 aliphatic rings. The van der Waals surface area contributed by atoms with Gasteiger partial charge in [0, 0.05) is 0 Å². The van der Waals surface area contributed by atoms with Gasteiger partial charge in [-0.2, -0.15) is 0 Å². The monoisotopic (exact) mass is 169 g/mol. The Morgan fingerprint density at radius 2 is 2.17 bits per heavy atom. The van der Waals surface area contributed by atoms with Crippen molar-refractivity contribution in [2.24, 2.45) is 11.5 Å². The van der Waals surface area contributed by atoms with Crippen molar-refractivity contribution >= 4 is 5.57 Å². The van der Waals surface area contributed by atoms with Crippen molar-refractivity contribution in [3.8, 4) is 0 Å². The summed E-state index contributed by atoms with van der Waals surface area (Å²) in [6.07, 6.45) is 0. The quantitative estimate of drug-likeness (QED) is 0.664. The lowest BCUT2D eigenvalue weighted by molar-refractivity contribution is 0.402.